The van der Waals surface area contributed by atoms with Crippen molar-refractivity contribution < 1.29 is 4.79 Å². The Bertz CT molecular complexity index is 1530. The maximum Gasteiger partial charge on any atom is 0.327 e. The summed E-state index contributed by atoms with van der Waals surface area (Å²) in [4.78, 5) is 49.2. The number of fused-ring (bicyclic) bond motifs is 2. The fourth-order valence-electron chi connectivity index (χ4n) is 4.95. The van der Waals surface area contributed by atoms with Gasteiger partial charge in [0.2, 0.25) is 0 Å². The van der Waals surface area contributed by atoms with Crippen molar-refractivity contribution in [3.8, 4) is 0 Å². The quantitative estimate of drug-likeness (QED) is 0.439. The Hall–Kier alpha value is -3.78. The van der Waals surface area contributed by atoms with E-state index in [4.69, 9.17) is 0 Å². The van der Waals surface area contributed by atoms with Crippen LogP contribution in [0, 0.1) is 0 Å². The minimum atomic E-state index is -0.591. The molecule has 3 aromatic heterocycles. The second kappa shape index (κ2) is 7.13. The summed E-state index contributed by atoms with van der Waals surface area (Å²) in [6.07, 6.45) is 2.72. The van der Waals surface area contributed by atoms with Gasteiger partial charge in [-0.25, -0.2) is 4.79 Å². The van der Waals surface area contributed by atoms with Gasteiger partial charge in [0.05, 0.1) is 11.1 Å². The highest BCUT2D eigenvalue weighted by atomic mass is 32.1. The number of aromatic nitrogens is 3. The highest BCUT2D eigenvalue weighted by Crippen LogP contribution is 2.47. The number of aromatic amines is 2. The molecule has 6 rings (SSSR count). The summed E-state index contributed by atoms with van der Waals surface area (Å²) < 4.78 is 0. The fourth-order valence-corrected chi connectivity index (χ4v) is 5.79. The number of rotatable bonds is 2. The van der Waals surface area contributed by atoms with Crippen LogP contribution >= 0.6 is 11.3 Å². The van der Waals surface area contributed by atoms with E-state index in [9.17, 15) is 14.4 Å². The monoisotopic (exact) mass is 442 g/mol. The molecular formula is C24H18N4O3S. The van der Waals surface area contributed by atoms with Crippen molar-refractivity contribution in [1.82, 2.24) is 15.0 Å². The summed E-state index contributed by atoms with van der Waals surface area (Å²) in [6.45, 7) is 0. The van der Waals surface area contributed by atoms with Crippen LogP contribution in [0.25, 0.3) is 10.9 Å². The molecule has 0 bridgehead atoms. The molecule has 3 N–H and O–H groups in total. The van der Waals surface area contributed by atoms with Crippen LogP contribution in [0.3, 0.4) is 0 Å². The first-order valence-electron chi connectivity index (χ1n) is 10.4. The fraction of sp³-hybridized carbons (Fsp3) is 0.167. The number of Topliss-reactive ketones (excluding diaryl/α,β-unsaturated/α-hetero) is 1. The molecule has 0 spiro atoms. The van der Waals surface area contributed by atoms with Crippen LogP contribution in [0.5, 0.6) is 0 Å². The van der Waals surface area contributed by atoms with Gasteiger partial charge in [0, 0.05) is 46.0 Å². The number of hydrogen-bond donors (Lipinski definition) is 3. The van der Waals surface area contributed by atoms with E-state index in [2.05, 4.69) is 20.3 Å². The molecule has 2 aliphatic rings. The zero-order valence-corrected chi connectivity index (χ0v) is 17.7. The standard InChI is InChI=1S/C24H18N4O3S/c29-17-11-12(18-6-3-9-32-18)10-16-20(17)19(21-22(26-16)27-24(31)28-23(21)30)14-7-8-25-15-5-2-1-4-13(14)15/h1-9,12,19H,10-11H2,(H3,26,27,28,30,31)/t12-,19+/m1/s1. The van der Waals surface area contributed by atoms with Crippen LogP contribution in [-0.4, -0.2) is 20.7 Å². The van der Waals surface area contributed by atoms with Gasteiger partial charge in [-0.3, -0.25) is 24.5 Å². The predicted octanol–water partition coefficient (Wildman–Crippen LogP) is 3.63. The molecule has 1 aliphatic heterocycles. The summed E-state index contributed by atoms with van der Waals surface area (Å²) in [5.74, 6) is -0.160. The molecule has 158 valence electrons. The molecule has 0 saturated carbocycles. The van der Waals surface area contributed by atoms with Gasteiger partial charge in [-0.2, -0.15) is 0 Å². The minimum Gasteiger partial charge on any atom is -0.344 e. The van der Waals surface area contributed by atoms with Crippen LogP contribution in [-0.2, 0) is 4.79 Å². The van der Waals surface area contributed by atoms with Gasteiger partial charge in [-0.05, 0) is 35.6 Å². The van der Waals surface area contributed by atoms with E-state index in [0.717, 1.165) is 27.0 Å². The summed E-state index contributed by atoms with van der Waals surface area (Å²) >= 11 is 1.64. The minimum absolute atomic E-state index is 0.0132. The maximum absolute atomic E-state index is 13.5. The third-order valence-corrected chi connectivity index (χ3v) is 7.31. The molecule has 0 fully saturated rings. The summed E-state index contributed by atoms with van der Waals surface area (Å²) in [7, 11) is 0. The number of anilines is 1. The lowest BCUT2D eigenvalue weighted by Crippen LogP contribution is -2.37. The Morgan fingerprint density at radius 1 is 0.969 bits per heavy atom. The van der Waals surface area contributed by atoms with E-state index in [1.807, 2.05) is 47.8 Å². The van der Waals surface area contributed by atoms with Crippen LogP contribution in [0.4, 0.5) is 5.82 Å². The lowest BCUT2D eigenvalue weighted by molar-refractivity contribution is -0.116. The molecular weight excluding hydrogens is 424 g/mol. The second-order valence-corrected chi connectivity index (χ2v) is 9.09. The Labute approximate surface area is 185 Å². The summed E-state index contributed by atoms with van der Waals surface area (Å²) in [5.41, 5.74) is 2.24. The van der Waals surface area contributed by atoms with E-state index < -0.39 is 17.2 Å². The highest BCUT2D eigenvalue weighted by molar-refractivity contribution is 7.10. The third kappa shape index (κ3) is 2.87. The number of nitrogens with zero attached hydrogens (tertiary/aromatic N) is 1. The number of thiophene rings is 1. The van der Waals surface area contributed by atoms with Crippen LogP contribution in [0.1, 0.15) is 40.7 Å². The van der Waals surface area contributed by atoms with Crippen LogP contribution in [0.2, 0.25) is 0 Å². The van der Waals surface area contributed by atoms with E-state index >= 15 is 0 Å². The lowest BCUT2D eigenvalue weighted by atomic mass is 9.73. The predicted molar refractivity (Wildman–Crippen MR) is 123 cm³/mol. The number of para-hydroxylation sites is 1. The molecule has 4 heterocycles. The molecule has 7 nitrogen and oxygen atoms in total. The number of ketones is 1. The summed E-state index contributed by atoms with van der Waals surface area (Å²) in [6, 6.07) is 13.6. The van der Waals surface area contributed by atoms with Crippen LogP contribution < -0.4 is 16.6 Å². The zero-order chi connectivity index (χ0) is 21.8. The number of allylic oxidation sites excluding steroid dienone is 2. The van der Waals surface area contributed by atoms with Gasteiger partial charge < -0.3 is 5.32 Å². The largest absolute Gasteiger partial charge is 0.344 e. The van der Waals surface area contributed by atoms with E-state index in [0.29, 0.717) is 29.8 Å². The van der Waals surface area contributed by atoms with Gasteiger partial charge in [-0.1, -0.05) is 24.3 Å². The first-order chi connectivity index (χ1) is 15.6. The van der Waals surface area contributed by atoms with Crippen molar-refractivity contribution in [2.24, 2.45) is 0 Å². The lowest BCUT2D eigenvalue weighted by Gasteiger charge is -2.35. The van der Waals surface area contributed by atoms with Gasteiger partial charge in [0.15, 0.2) is 5.78 Å². The SMILES string of the molecule is O=C1C[C@H](c2cccs2)CC2=C1[C@H](c1ccnc3ccccc13)c1c([nH]c(=O)[nH]c1=O)N2. The molecule has 2 atom stereocenters. The normalized spacial score (nSPS) is 20.1. The molecule has 0 unspecified atom stereocenters. The Morgan fingerprint density at radius 3 is 2.69 bits per heavy atom. The van der Waals surface area contributed by atoms with Crippen molar-refractivity contribution in [1.29, 1.82) is 0 Å². The summed E-state index contributed by atoms with van der Waals surface area (Å²) in [5, 5.41) is 6.11. The van der Waals surface area contributed by atoms with Crippen molar-refractivity contribution in [2.75, 3.05) is 5.32 Å². The van der Waals surface area contributed by atoms with Gasteiger partial charge in [-0.15, -0.1) is 11.3 Å². The smallest absolute Gasteiger partial charge is 0.327 e. The van der Waals surface area contributed by atoms with E-state index in [-0.39, 0.29) is 11.7 Å². The van der Waals surface area contributed by atoms with E-state index in [1.54, 1.807) is 17.5 Å². The topological polar surface area (TPSA) is 108 Å². The number of carbonyl (C=O) groups excluding carboxylic acids is 1. The Balaban J connectivity index is 1.62. The maximum atomic E-state index is 13.5. The molecule has 4 aromatic rings. The third-order valence-electron chi connectivity index (χ3n) is 6.28. The van der Waals surface area contributed by atoms with Gasteiger partial charge >= 0.3 is 5.69 Å². The Morgan fingerprint density at radius 2 is 1.84 bits per heavy atom. The van der Waals surface area contributed by atoms with E-state index in [1.165, 1.54) is 0 Å². The number of carbonyl (C=O) groups is 1. The van der Waals surface area contributed by atoms with Crippen LogP contribution in [0.15, 0.2) is 74.9 Å². The number of benzene rings is 1. The number of nitrogens with one attached hydrogen (secondary N) is 3. The van der Waals surface area contributed by atoms with Crippen molar-refractivity contribution in [3.05, 3.63) is 102 Å². The average molecular weight is 443 g/mol. The zero-order valence-electron chi connectivity index (χ0n) is 16.8. The molecule has 1 aromatic carbocycles. The second-order valence-electron chi connectivity index (χ2n) is 8.11. The molecule has 0 radical (unpaired) electrons. The van der Waals surface area contributed by atoms with Crippen molar-refractivity contribution in [3.63, 3.8) is 0 Å². The highest BCUT2D eigenvalue weighted by Gasteiger charge is 2.40. The van der Waals surface area contributed by atoms with Gasteiger partial charge in [0.25, 0.3) is 5.56 Å². The first-order valence-corrected chi connectivity index (χ1v) is 11.2. The Kier molecular flexibility index (Phi) is 4.22. The molecule has 0 saturated heterocycles. The number of pyridine rings is 1. The molecule has 8 heteroatoms. The van der Waals surface area contributed by atoms with Gasteiger partial charge in [0.1, 0.15) is 5.82 Å². The number of hydrogen-bond acceptors (Lipinski definition) is 6. The van der Waals surface area contributed by atoms with Crippen molar-refractivity contribution >= 4 is 33.8 Å². The molecule has 32 heavy (non-hydrogen) atoms. The number of H-pyrrole nitrogens is 2. The molecule has 0 amide bonds. The average Bonchev–Trinajstić information content (AvgIpc) is 3.32. The van der Waals surface area contributed by atoms with Crippen molar-refractivity contribution in [2.45, 2.75) is 24.7 Å². The molecule has 1 aliphatic carbocycles. The first kappa shape index (κ1) is 18.9.